The normalized spacial score (nSPS) is 12.9. The Morgan fingerprint density at radius 1 is 1.36 bits per heavy atom. The zero-order chi connectivity index (χ0) is 10.6. The zero-order valence-corrected chi connectivity index (χ0v) is 10.2. The van der Waals surface area contributed by atoms with Gasteiger partial charge in [-0.05, 0) is 19.1 Å². The number of alkyl halides is 1. The molecule has 76 valence electrons. The number of rotatable bonds is 3. The summed E-state index contributed by atoms with van der Waals surface area (Å²) in [5, 5.41) is 1.86. The van der Waals surface area contributed by atoms with Gasteiger partial charge < -0.3 is 0 Å². The highest BCUT2D eigenvalue weighted by Gasteiger charge is 2.09. The third-order valence-corrected chi connectivity index (χ3v) is 4.17. The molecule has 0 aliphatic heterocycles. The van der Waals surface area contributed by atoms with E-state index in [9.17, 15) is 8.42 Å². The van der Waals surface area contributed by atoms with Gasteiger partial charge in [-0.15, -0.1) is 0 Å². The fourth-order valence-electron chi connectivity index (χ4n) is 0.975. The zero-order valence-electron chi connectivity index (χ0n) is 7.77. The smallest absolute Gasteiger partial charge is 0.199 e. The van der Waals surface area contributed by atoms with Crippen molar-refractivity contribution in [2.45, 2.75) is 11.8 Å². The van der Waals surface area contributed by atoms with Crippen LogP contribution in [0.4, 0.5) is 0 Å². The molecule has 4 heteroatoms. The van der Waals surface area contributed by atoms with Gasteiger partial charge in [-0.25, -0.2) is 8.42 Å². The van der Waals surface area contributed by atoms with Gasteiger partial charge in [-0.2, -0.15) is 0 Å². The summed E-state index contributed by atoms with van der Waals surface area (Å²) in [6.45, 7) is 1.77. The van der Waals surface area contributed by atoms with E-state index < -0.39 is 9.84 Å². The molecule has 0 N–H and O–H groups in total. The Morgan fingerprint density at radius 3 is 2.43 bits per heavy atom. The van der Waals surface area contributed by atoms with Crippen molar-refractivity contribution in [2.24, 2.45) is 0 Å². The van der Waals surface area contributed by atoms with E-state index in [1.54, 1.807) is 37.3 Å². The average molecular weight is 275 g/mol. The molecule has 0 saturated carbocycles. The van der Waals surface area contributed by atoms with Crippen LogP contribution < -0.4 is 0 Å². The molecule has 0 saturated heterocycles. The molecule has 0 unspecified atom stereocenters. The number of benzene rings is 1. The van der Waals surface area contributed by atoms with Crippen molar-refractivity contribution < 1.29 is 8.42 Å². The SMILES string of the molecule is C/C(=C\S(=O)(=O)c1ccccc1)CBr. The molecule has 0 aromatic heterocycles. The molecule has 14 heavy (non-hydrogen) atoms. The standard InChI is InChI=1S/C10H11BrO2S/c1-9(7-11)8-14(12,13)10-5-3-2-4-6-10/h2-6,8H,7H2,1H3/b9-8+. The predicted molar refractivity (Wildman–Crippen MR) is 61.2 cm³/mol. The highest BCUT2D eigenvalue weighted by molar-refractivity contribution is 9.09. The first-order valence-electron chi connectivity index (χ1n) is 4.09. The maximum absolute atomic E-state index is 11.7. The Bertz CT molecular complexity index is 421. The molecule has 0 radical (unpaired) electrons. The molecule has 2 nitrogen and oxygen atoms in total. The van der Waals surface area contributed by atoms with Crippen LogP contribution in [0.15, 0.2) is 46.2 Å². The Hall–Kier alpha value is -0.610. The van der Waals surface area contributed by atoms with Gasteiger partial charge in [0, 0.05) is 10.7 Å². The lowest BCUT2D eigenvalue weighted by atomic mass is 10.4. The molecular formula is C10H11BrO2S. The van der Waals surface area contributed by atoms with E-state index in [1.807, 2.05) is 0 Å². The van der Waals surface area contributed by atoms with Gasteiger partial charge in [0.15, 0.2) is 9.84 Å². The van der Waals surface area contributed by atoms with Crippen molar-refractivity contribution in [3.05, 3.63) is 41.3 Å². The molecule has 0 aliphatic carbocycles. The van der Waals surface area contributed by atoms with Gasteiger partial charge in [-0.3, -0.25) is 0 Å². The fraction of sp³-hybridized carbons (Fsp3) is 0.200. The lowest BCUT2D eigenvalue weighted by Crippen LogP contribution is -1.97. The summed E-state index contributed by atoms with van der Waals surface area (Å²) in [7, 11) is -3.26. The first-order valence-corrected chi connectivity index (χ1v) is 6.76. The highest BCUT2D eigenvalue weighted by atomic mass is 79.9. The van der Waals surface area contributed by atoms with Crippen LogP contribution in [0, 0.1) is 0 Å². The number of hydrogen-bond acceptors (Lipinski definition) is 2. The molecule has 0 aliphatic rings. The van der Waals surface area contributed by atoms with Crippen LogP contribution in [0.3, 0.4) is 0 Å². The van der Waals surface area contributed by atoms with Gasteiger partial charge in [0.1, 0.15) is 0 Å². The van der Waals surface area contributed by atoms with E-state index in [0.717, 1.165) is 5.57 Å². The summed E-state index contributed by atoms with van der Waals surface area (Å²) in [4.78, 5) is 0.334. The fourth-order valence-corrected chi connectivity index (χ4v) is 2.64. The van der Waals surface area contributed by atoms with E-state index in [-0.39, 0.29) is 0 Å². The average Bonchev–Trinajstić information content (AvgIpc) is 2.18. The molecule has 0 bridgehead atoms. The third-order valence-electron chi connectivity index (χ3n) is 1.64. The van der Waals surface area contributed by atoms with Crippen molar-refractivity contribution in [1.82, 2.24) is 0 Å². The summed E-state index contributed by atoms with van der Waals surface area (Å²) in [5.74, 6) is 0. The minimum Gasteiger partial charge on any atom is -0.219 e. The quantitative estimate of drug-likeness (QED) is 0.795. The van der Waals surface area contributed by atoms with Crippen molar-refractivity contribution in [3.8, 4) is 0 Å². The monoisotopic (exact) mass is 274 g/mol. The molecule has 1 aromatic carbocycles. The van der Waals surface area contributed by atoms with E-state index >= 15 is 0 Å². The second-order valence-electron chi connectivity index (χ2n) is 2.96. The maximum atomic E-state index is 11.7. The first kappa shape index (κ1) is 11.5. The minimum atomic E-state index is -3.26. The molecule has 0 spiro atoms. The van der Waals surface area contributed by atoms with Crippen molar-refractivity contribution >= 4 is 25.8 Å². The molecule has 0 atom stereocenters. The summed E-state index contributed by atoms with van der Waals surface area (Å²) < 4.78 is 23.4. The van der Waals surface area contributed by atoms with E-state index in [2.05, 4.69) is 15.9 Å². The number of allylic oxidation sites excluding steroid dienone is 1. The molecule has 0 fully saturated rings. The second-order valence-corrected chi connectivity index (χ2v) is 5.31. The van der Waals surface area contributed by atoms with E-state index in [1.165, 1.54) is 5.41 Å². The van der Waals surface area contributed by atoms with Gasteiger partial charge in [-0.1, -0.05) is 39.7 Å². The minimum absolute atomic E-state index is 0.334. The van der Waals surface area contributed by atoms with Crippen molar-refractivity contribution in [3.63, 3.8) is 0 Å². The topological polar surface area (TPSA) is 34.1 Å². The summed E-state index contributed by atoms with van der Waals surface area (Å²) in [5.41, 5.74) is 0.786. The van der Waals surface area contributed by atoms with Crippen molar-refractivity contribution in [2.75, 3.05) is 5.33 Å². The number of halogens is 1. The van der Waals surface area contributed by atoms with Crippen LogP contribution in [0.1, 0.15) is 6.92 Å². The first-order chi connectivity index (χ1) is 6.56. The third kappa shape index (κ3) is 2.96. The summed E-state index contributed by atoms with van der Waals surface area (Å²) >= 11 is 3.21. The van der Waals surface area contributed by atoms with Gasteiger partial charge in [0.05, 0.1) is 4.90 Å². The highest BCUT2D eigenvalue weighted by Crippen LogP contribution is 2.13. The Balaban J connectivity index is 3.11. The van der Waals surface area contributed by atoms with E-state index in [4.69, 9.17) is 0 Å². The summed E-state index contributed by atoms with van der Waals surface area (Å²) in [6.07, 6.45) is 0. The molecule has 0 amide bonds. The lowest BCUT2D eigenvalue weighted by molar-refractivity contribution is 0.604. The Kier molecular flexibility index (Phi) is 3.89. The molecule has 1 aromatic rings. The van der Waals surface area contributed by atoms with Gasteiger partial charge in [0.25, 0.3) is 0 Å². The Labute approximate surface area is 92.7 Å². The molecular weight excluding hydrogens is 264 g/mol. The van der Waals surface area contributed by atoms with Crippen LogP contribution in [-0.4, -0.2) is 13.7 Å². The molecule has 1 rings (SSSR count). The van der Waals surface area contributed by atoms with Crippen LogP contribution in [0.25, 0.3) is 0 Å². The van der Waals surface area contributed by atoms with Crippen LogP contribution in [0.2, 0.25) is 0 Å². The van der Waals surface area contributed by atoms with Gasteiger partial charge in [0.2, 0.25) is 0 Å². The van der Waals surface area contributed by atoms with Crippen LogP contribution in [0.5, 0.6) is 0 Å². The maximum Gasteiger partial charge on any atom is 0.199 e. The second kappa shape index (κ2) is 4.75. The van der Waals surface area contributed by atoms with E-state index in [0.29, 0.717) is 10.2 Å². The summed E-state index contributed by atoms with van der Waals surface area (Å²) in [6, 6.07) is 8.40. The largest absolute Gasteiger partial charge is 0.219 e. The van der Waals surface area contributed by atoms with Crippen LogP contribution >= 0.6 is 15.9 Å². The number of hydrogen-bond donors (Lipinski definition) is 0. The van der Waals surface area contributed by atoms with Gasteiger partial charge >= 0.3 is 0 Å². The predicted octanol–water partition coefficient (Wildman–Crippen LogP) is 2.76. The lowest BCUT2D eigenvalue weighted by Gasteiger charge is -1.99. The van der Waals surface area contributed by atoms with Crippen molar-refractivity contribution in [1.29, 1.82) is 0 Å². The Morgan fingerprint density at radius 2 is 1.93 bits per heavy atom. The van der Waals surface area contributed by atoms with Crippen LogP contribution in [-0.2, 0) is 9.84 Å². The molecule has 0 heterocycles. The number of sulfone groups is 1.